The summed E-state index contributed by atoms with van der Waals surface area (Å²) in [6, 6.07) is 10.6. The molecule has 1 atom stereocenters. The van der Waals surface area contributed by atoms with Gasteiger partial charge in [0.2, 0.25) is 0 Å². The first-order valence-electron chi connectivity index (χ1n) is 8.78. The van der Waals surface area contributed by atoms with Gasteiger partial charge in [0.05, 0.1) is 0 Å². The van der Waals surface area contributed by atoms with E-state index in [-0.39, 0.29) is 4.75 Å². The highest BCUT2D eigenvalue weighted by molar-refractivity contribution is 7.86. The topological polar surface area (TPSA) is 58.4 Å². The summed E-state index contributed by atoms with van der Waals surface area (Å²) in [5, 5.41) is 7.83. The molecule has 138 valence electrons. The number of fused-ring (bicyclic) bond motifs is 1. The first-order chi connectivity index (χ1) is 11.9. The van der Waals surface area contributed by atoms with Crippen molar-refractivity contribution < 1.29 is 4.21 Å². The van der Waals surface area contributed by atoms with Crippen molar-refractivity contribution in [3.8, 4) is 0 Å². The highest BCUT2D eigenvalue weighted by atomic mass is 32.2. The average molecular weight is 363 g/mol. The van der Waals surface area contributed by atoms with Gasteiger partial charge in [-0.05, 0) is 44.7 Å². The number of para-hydroxylation sites is 1. The van der Waals surface area contributed by atoms with E-state index in [1.165, 1.54) is 10.9 Å². The van der Waals surface area contributed by atoms with Gasteiger partial charge in [-0.2, -0.15) is 0 Å². The molecule has 1 aromatic carbocycles. The molecule has 0 bridgehead atoms. The predicted octanol–water partition coefficient (Wildman–Crippen LogP) is 2.74. The molecule has 5 nitrogen and oxygen atoms in total. The Kier molecular flexibility index (Phi) is 7.05. The number of benzene rings is 1. The van der Waals surface area contributed by atoms with Crippen molar-refractivity contribution in [2.45, 2.75) is 38.5 Å². The summed E-state index contributed by atoms with van der Waals surface area (Å²) in [6.45, 7) is 8.47. The van der Waals surface area contributed by atoms with Crippen molar-refractivity contribution in [1.82, 2.24) is 15.2 Å². The van der Waals surface area contributed by atoms with E-state index in [9.17, 15) is 4.21 Å². The van der Waals surface area contributed by atoms with Crippen molar-refractivity contribution in [1.29, 1.82) is 0 Å². The Morgan fingerprint density at radius 1 is 1.16 bits per heavy atom. The van der Waals surface area contributed by atoms with Crippen LogP contribution in [-0.2, 0) is 17.3 Å². The minimum absolute atomic E-state index is 0.168. The fourth-order valence-corrected chi connectivity index (χ4v) is 3.48. The van der Waals surface area contributed by atoms with E-state index >= 15 is 0 Å². The normalized spacial score (nSPS) is 13.8. The number of rotatable bonds is 7. The molecule has 1 heterocycles. The Morgan fingerprint density at radius 3 is 2.60 bits per heavy atom. The summed E-state index contributed by atoms with van der Waals surface area (Å²) in [5.41, 5.74) is 1.27. The predicted molar refractivity (Wildman–Crippen MR) is 109 cm³/mol. The summed E-state index contributed by atoms with van der Waals surface area (Å²) < 4.78 is 14.2. The summed E-state index contributed by atoms with van der Waals surface area (Å²) in [4.78, 5) is 4.22. The minimum Gasteiger partial charge on any atom is -0.356 e. The van der Waals surface area contributed by atoms with Gasteiger partial charge in [0.25, 0.3) is 0 Å². The van der Waals surface area contributed by atoms with E-state index in [2.05, 4.69) is 56.7 Å². The van der Waals surface area contributed by atoms with Crippen LogP contribution in [0.25, 0.3) is 10.9 Å². The van der Waals surface area contributed by atoms with Crippen LogP contribution in [0.2, 0.25) is 0 Å². The van der Waals surface area contributed by atoms with Crippen LogP contribution in [0.3, 0.4) is 0 Å². The van der Waals surface area contributed by atoms with E-state index in [0.717, 1.165) is 25.5 Å². The van der Waals surface area contributed by atoms with Crippen LogP contribution in [0.1, 0.15) is 27.2 Å². The Bertz CT molecular complexity index is 730. The molecule has 0 amide bonds. The van der Waals surface area contributed by atoms with Crippen LogP contribution < -0.4 is 10.6 Å². The Morgan fingerprint density at radius 2 is 1.88 bits per heavy atom. The summed E-state index contributed by atoms with van der Waals surface area (Å²) >= 11 is 0. The van der Waals surface area contributed by atoms with Crippen LogP contribution in [0.5, 0.6) is 0 Å². The minimum atomic E-state index is -0.846. The van der Waals surface area contributed by atoms with Crippen molar-refractivity contribution in [3.63, 3.8) is 0 Å². The third-order valence-electron chi connectivity index (χ3n) is 4.03. The number of aryl methyl sites for hydroxylation is 1. The molecule has 1 unspecified atom stereocenters. The second-order valence-corrected chi connectivity index (χ2v) is 9.33. The smallest absolute Gasteiger partial charge is 0.191 e. The van der Waals surface area contributed by atoms with Gasteiger partial charge in [0.15, 0.2) is 5.96 Å². The first-order valence-corrected chi connectivity index (χ1v) is 10.1. The molecule has 0 radical (unpaired) electrons. The summed E-state index contributed by atoms with van der Waals surface area (Å²) in [6.07, 6.45) is 3.15. The highest BCUT2D eigenvalue weighted by Crippen LogP contribution is 2.15. The van der Waals surface area contributed by atoms with Crippen molar-refractivity contribution in [3.05, 3.63) is 36.5 Å². The number of hydrogen-bond donors (Lipinski definition) is 2. The van der Waals surface area contributed by atoms with E-state index in [1.54, 1.807) is 7.05 Å². The van der Waals surface area contributed by atoms with Gasteiger partial charge in [-0.1, -0.05) is 18.2 Å². The molecule has 0 saturated carbocycles. The average Bonchev–Trinajstić information content (AvgIpc) is 2.99. The number of guanidine groups is 1. The Labute approximate surface area is 153 Å². The first kappa shape index (κ1) is 19.5. The lowest BCUT2D eigenvalue weighted by Gasteiger charge is -2.18. The Balaban J connectivity index is 1.70. The molecule has 0 aliphatic heterocycles. The zero-order chi connectivity index (χ0) is 18.3. The summed E-state index contributed by atoms with van der Waals surface area (Å²) in [5.74, 6) is 1.39. The maximum atomic E-state index is 12.0. The number of hydrogen-bond acceptors (Lipinski definition) is 2. The largest absolute Gasteiger partial charge is 0.356 e. The molecule has 25 heavy (non-hydrogen) atoms. The molecule has 0 aliphatic carbocycles. The van der Waals surface area contributed by atoms with E-state index < -0.39 is 10.8 Å². The fourth-order valence-electron chi connectivity index (χ4n) is 2.58. The molecule has 2 rings (SSSR count). The molecular formula is C19H30N4OS. The van der Waals surface area contributed by atoms with Gasteiger partial charge in [0, 0.05) is 59.7 Å². The summed E-state index contributed by atoms with van der Waals surface area (Å²) in [7, 11) is 0.914. The lowest BCUT2D eigenvalue weighted by Crippen LogP contribution is -2.40. The number of aliphatic imine (C=N–C) groups is 1. The molecule has 0 fully saturated rings. The second kappa shape index (κ2) is 9.04. The van der Waals surface area contributed by atoms with Crippen LogP contribution >= 0.6 is 0 Å². The van der Waals surface area contributed by atoms with Crippen LogP contribution in [0.4, 0.5) is 0 Å². The molecule has 2 N–H and O–H groups in total. The van der Waals surface area contributed by atoms with Gasteiger partial charge >= 0.3 is 0 Å². The third kappa shape index (κ3) is 5.88. The van der Waals surface area contributed by atoms with Crippen LogP contribution in [-0.4, -0.2) is 45.4 Å². The van der Waals surface area contributed by atoms with E-state index in [4.69, 9.17) is 0 Å². The van der Waals surface area contributed by atoms with Crippen molar-refractivity contribution in [2.24, 2.45) is 4.99 Å². The van der Waals surface area contributed by atoms with E-state index in [1.807, 2.05) is 20.8 Å². The lowest BCUT2D eigenvalue weighted by molar-refractivity contribution is 0.639. The molecule has 0 saturated heterocycles. The number of nitrogens with zero attached hydrogens (tertiary/aromatic N) is 2. The van der Waals surface area contributed by atoms with Gasteiger partial charge in [-0.25, -0.2) is 0 Å². The fraction of sp³-hybridized carbons (Fsp3) is 0.526. The van der Waals surface area contributed by atoms with Crippen LogP contribution in [0.15, 0.2) is 41.5 Å². The molecular weight excluding hydrogens is 332 g/mol. The maximum absolute atomic E-state index is 12.0. The van der Waals surface area contributed by atoms with Crippen LogP contribution in [0, 0.1) is 0 Å². The lowest BCUT2D eigenvalue weighted by atomic mass is 10.2. The second-order valence-electron chi connectivity index (χ2n) is 7.01. The van der Waals surface area contributed by atoms with Crippen molar-refractivity contribution in [2.75, 3.05) is 25.9 Å². The van der Waals surface area contributed by atoms with E-state index in [0.29, 0.717) is 12.3 Å². The zero-order valence-corrected chi connectivity index (χ0v) is 16.5. The molecule has 0 spiro atoms. The third-order valence-corrected chi connectivity index (χ3v) is 5.98. The molecule has 1 aromatic heterocycles. The SMILES string of the molecule is CN=C(NCCCn1ccc2ccccc21)NCCS(=O)C(C)(C)C. The van der Waals surface area contributed by atoms with Gasteiger partial charge < -0.3 is 15.2 Å². The Hall–Kier alpha value is -1.82. The zero-order valence-electron chi connectivity index (χ0n) is 15.7. The monoisotopic (exact) mass is 362 g/mol. The number of nitrogens with one attached hydrogen (secondary N) is 2. The highest BCUT2D eigenvalue weighted by Gasteiger charge is 2.18. The van der Waals surface area contributed by atoms with Crippen molar-refractivity contribution >= 4 is 27.7 Å². The molecule has 2 aromatic rings. The van der Waals surface area contributed by atoms with Gasteiger partial charge in [-0.3, -0.25) is 9.20 Å². The quantitative estimate of drug-likeness (QED) is 0.452. The number of aromatic nitrogens is 1. The van der Waals surface area contributed by atoms with Gasteiger partial charge in [-0.15, -0.1) is 0 Å². The molecule has 6 heteroatoms. The van der Waals surface area contributed by atoms with Gasteiger partial charge in [0.1, 0.15) is 0 Å². The standard InChI is InChI=1S/C19H30N4OS/c1-19(2,3)25(24)15-12-22-18(20-4)21-11-7-13-23-14-10-16-8-5-6-9-17(16)23/h5-6,8-10,14H,7,11-13,15H2,1-4H3,(H2,20,21,22). The molecule has 0 aliphatic rings. The maximum Gasteiger partial charge on any atom is 0.191 e.